The average molecular weight is 426 g/mol. The van der Waals surface area contributed by atoms with Crippen LogP contribution in [0.25, 0.3) is 0 Å². The number of amides is 1. The molecule has 152 valence electrons. The van der Waals surface area contributed by atoms with Crippen molar-refractivity contribution in [3.63, 3.8) is 0 Å². The van der Waals surface area contributed by atoms with Crippen molar-refractivity contribution >= 4 is 29.2 Å². The maximum absolute atomic E-state index is 13.3. The molecule has 0 saturated heterocycles. The molecule has 3 aromatic rings. The number of rotatable bonds is 5. The predicted molar refractivity (Wildman–Crippen MR) is 109 cm³/mol. The fraction of sp³-hybridized carbons (Fsp3) is 0.150. The first-order valence-corrected chi connectivity index (χ1v) is 9.95. The number of nitro groups is 1. The molecular formula is C20H15FN4O4S. The van der Waals surface area contributed by atoms with E-state index in [0.717, 1.165) is 5.56 Å². The van der Waals surface area contributed by atoms with Gasteiger partial charge in [-0.2, -0.15) is 0 Å². The minimum absolute atomic E-state index is 0.0191. The Morgan fingerprint density at radius 3 is 2.77 bits per heavy atom. The van der Waals surface area contributed by atoms with Crippen molar-refractivity contribution in [2.24, 2.45) is 0 Å². The lowest BCUT2D eigenvalue weighted by Gasteiger charge is -2.24. The summed E-state index contributed by atoms with van der Waals surface area (Å²) < 4.78 is 13.3. The summed E-state index contributed by atoms with van der Waals surface area (Å²) in [6.07, 6.45) is -0.0191. The second kappa shape index (κ2) is 8.07. The molecule has 2 heterocycles. The fourth-order valence-corrected chi connectivity index (χ4v) is 4.14. The first kappa shape index (κ1) is 19.8. The Morgan fingerprint density at radius 2 is 2.00 bits per heavy atom. The number of fused-ring (bicyclic) bond motifs is 1. The van der Waals surface area contributed by atoms with E-state index in [9.17, 15) is 24.1 Å². The van der Waals surface area contributed by atoms with Crippen molar-refractivity contribution in [3.8, 4) is 0 Å². The zero-order chi connectivity index (χ0) is 21.3. The molecule has 1 amide bonds. The van der Waals surface area contributed by atoms with E-state index in [2.05, 4.69) is 15.3 Å². The van der Waals surface area contributed by atoms with Crippen LogP contribution in [-0.4, -0.2) is 20.8 Å². The highest BCUT2D eigenvalue weighted by molar-refractivity contribution is 7.98. The van der Waals surface area contributed by atoms with Crippen LogP contribution in [0.3, 0.4) is 0 Å². The summed E-state index contributed by atoms with van der Waals surface area (Å²) in [6, 6.07) is 12.0. The topological polar surface area (TPSA) is 118 Å². The molecule has 1 unspecified atom stereocenters. The van der Waals surface area contributed by atoms with Crippen molar-refractivity contribution in [3.05, 3.63) is 91.5 Å². The Bertz CT molecular complexity index is 1210. The summed E-state index contributed by atoms with van der Waals surface area (Å²) in [4.78, 5) is 42.6. The van der Waals surface area contributed by atoms with Crippen molar-refractivity contribution in [2.75, 3.05) is 5.32 Å². The lowest BCUT2D eigenvalue weighted by atomic mass is 9.86. The highest BCUT2D eigenvalue weighted by Crippen LogP contribution is 2.35. The van der Waals surface area contributed by atoms with Gasteiger partial charge in [0.15, 0.2) is 5.16 Å². The first-order valence-electron chi connectivity index (χ1n) is 8.96. The molecular weight excluding hydrogens is 411 g/mol. The van der Waals surface area contributed by atoms with Gasteiger partial charge in [-0.25, -0.2) is 9.37 Å². The lowest BCUT2D eigenvalue weighted by molar-refractivity contribution is -0.384. The number of H-pyrrole nitrogens is 1. The molecule has 1 aliphatic heterocycles. The number of non-ortho nitro benzene ring substituents is 1. The molecule has 2 aromatic carbocycles. The molecule has 0 aliphatic carbocycles. The van der Waals surface area contributed by atoms with Crippen LogP contribution in [0.2, 0.25) is 0 Å². The number of aromatic nitrogens is 2. The van der Waals surface area contributed by atoms with E-state index in [-0.39, 0.29) is 40.4 Å². The third-order valence-corrected chi connectivity index (χ3v) is 5.62. The fourth-order valence-electron chi connectivity index (χ4n) is 3.34. The number of carbonyl (C=O) groups is 1. The Hall–Kier alpha value is -3.53. The smallest absolute Gasteiger partial charge is 0.269 e. The number of carbonyl (C=O) groups excluding carboxylic acids is 1. The first-order chi connectivity index (χ1) is 14.4. The number of aromatic amines is 1. The Morgan fingerprint density at radius 1 is 1.20 bits per heavy atom. The number of benzene rings is 2. The van der Waals surface area contributed by atoms with Crippen LogP contribution in [0.15, 0.2) is 58.5 Å². The molecule has 0 saturated carbocycles. The van der Waals surface area contributed by atoms with Crippen LogP contribution in [0.5, 0.6) is 0 Å². The summed E-state index contributed by atoms with van der Waals surface area (Å²) in [7, 11) is 0. The molecule has 1 aromatic heterocycles. The van der Waals surface area contributed by atoms with Crippen molar-refractivity contribution < 1.29 is 14.1 Å². The van der Waals surface area contributed by atoms with Crippen molar-refractivity contribution in [2.45, 2.75) is 23.2 Å². The number of anilines is 1. The van der Waals surface area contributed by atoms with Gasteiger partial charge in [-0.15, -0.1) is 0 Å². The SMILES string of the molecule is O=C1CC(c2cccc([N+](=O)[O-])c2)c2c(nc(SCc3cccc(F)c3)[nH]c2=O)N1. The number of halogens is 1. The number of thioether (sulfide) groups is 1. The number of nitrogens with one attached hydrogen (secondary N) is 2. The molecule has 10 heteroatoms. The van der Waals surface area contributed by atoms with Gasteiger partial charge >= 0.3 is 0 Å². The third-order valence-electron chi connectivity index (χ3n) is 4.68. The lowest BCUT2D eigenvalue weighted by Crippen LogP contribution is -2.31. The summed E-state index contributed by atoms with van der Waals surface area (Å²) in [5.74, 6) is -0.826. The van der Waals surface area contributed by atoms with Gasteiger partial charge in [0.05, 0.1) is 10.5 Å². The molecule has 0 spiro atoms. The van der Waals surface area contributed by atoms with Gasteiger partial charge in [-0.1, -0.05) is 36.0 Å². The van der Waals surface area contributed by atoms with Crippen LogP contribution in [0, 0.1) is 15.9 Å². The van der Waals surface area contributed by atoms with Crippen molar-refractivity contribution in [1.29, 1.82) is 0 Å². The van der Waals surface area contributed by atoms with Crippen LogP contribution in [0.1, 0.15) is 29.0 Å². The third kappa shape index (κ3) is 4.08. The Balaban J connectivity index is 1.67. The summed E-state index contributed by atoms with van der Waals surface area (Å²) in [5.41, 5.74) is 0.918. The van der Waals surface area contributed by atoms with E-state index in [4.69, 9.17) is 0 Å². The van der Waals surface area contributed by atoms with Gasteiger partial charge in [0.1, 0.15) is 11.6 Å². The maximum atomic E-state index is 13.3. The number of nitro benzene ring substituents is 1. The molecule has 0 bridgehead atoms. The molecule has 8 nitrogen and oxygen atoms in total. The Labute approximate surface area is 173 Å². The second-order valence-corrected chi connectivity index (χ2v) is 7.67. The van der Waals surface area contributed by atoms with Gasteiger partial charge in [-0.3, -0.25) is 19.7 Å². The van der Waals surface area contributed by atoms with Crippen LogP contribution < -0.4 is 10.9 Å². The zero-order valence-electron chi connectivity index (χ0n) is 15.4. The van der Waals surface area contributed by atoms with E-state index in [1.807, 2.05) is 0 Å². The molecule has 0 fully saturated rings. The normalized spacial score (nSPS) is 15.4. The van der Waals surface area contributed by atoms with Gasteiger partial charge < -0.3 is 10.3 Å². The van der Waals surface area contributed by atoms with Crippen LogP contribution in [0.4, 0.5) is 15.9 Å². The van der Waals surface area contributed by atoms with Gasteiger partial charge in [0.25, 0.3) is 11.2 Å². The minimum Gasteiger partial charge on any atom is -0.310 e. The monoisotopic (exact) mass is 426 g/mol. The van der Waals surface area contributed by atoms with E-state index in [1.54, 1.807) is 18.2 Å². The van der Waals surface area contributed by atoms with E-state index in [1.165, 1.54) is 42.1 Å². The second-order valence-electron chi connectivity index (χ2n) is 6.71. The molecule has 4 rings (SSSR count). The quantitative estimate of drug-likeness (QED) is 0.279. The van der Waals surface area contributed by atoms with Crippen LogP contribution in [-0.2, 0) is 10.5 Å². The largest absolute Gasteiger partial charge is 0.310 e. The van der Waals surface area contributed by atoms with Gasteiger partial charge in [0.2, 0.25) is 5.91 Å². The standard InChI is InChI=1S/C20H15FN4O4S/c21-13-5-1-3-11(7-13)10-30-20-23-18-17(19(27)24-20)15(9-16(26)22-18)12-4-2-6-14(8-12)25(28)29/h1-8,15H,9-10H2,(H2,22,23,24,26,27). The van der Waals surface area contributed by atoms with E-state index >= 15 is 0 Å². The highest BCUT2D eigenvalue weighted by atomic mass is 32.2. The molecule has 1 atom stereocenters. The molecule has 30 heavy (non-hydrogen) atoms. The zero-order valence-corrected chi connectivity index (χ0v) is 16.2. The van der Waals surface area contributed by atoms with Crippen molar-refractivity contribution in [1.82, 2.24) is 9.97 Å². The number of hydrogen-bond acceptors (Lipinski definition) is 6. The maximum Gasteiger partial charge on any atom is 0.269 e. The Kier molecular flexibility index (Phi) is 5.32. The average Bonchev–Trinajstić information content (AvgIpc) is 2.71. The van der Waals surface area contributed by atoms with Gasteiger partial charge in [0, 0.05) is 30.2 Å². The number of nitrogens with zero attached hydrogens (tertiary/aromatic N) is 2. The summed E-state index contributed by atoms with van der Waals surface area (Å²) in [5, 5.41) is 14.0. The van der Waals surface area contributed by atoms with Gasteiger partial charge in [-0.05, 0) is 23.3 Å². The summed E-state index contributed by atoms with van der Waals surface area (Å²) >= 11 is 1.20. The highest BCUT2D eigenvalue weighted by Gasteiger charge is 2.31. The van der Waals surface area contributed by atoms with E-state index < -0.39 is 16.4 Å². The minimum atomic E-state index is -0.646. The summed E-state index contributed by atoms with van der Waals surface area (Å²) in [6.45, 7) is 0. The molecule has 0 radical (unpaired) electrons. The number of hydrogen-bond donors (Lipinski definition) is 2. The molecule has 2 N–H and O–H groups in total. The predicted octanol–water partition coefficient (Wildman–Crippen LogP) is 3.58. The van der Waals surface area contributed by atoms with E-state index in [0.29, 0.717) is 11.3 Å². The molecule has 1 aliphatic rings. The van der Waals surface area contributed by atoms with Crippen LogP contribution >= 0.6 is 11.8 Å².